The van der Waals surface area contributed by atoms with Crippen LogP contribution in [0.25, 0.3) is 0 Å². The Balaban J connectivity index is 1.89. The highest BCUT2D eigenvalue weighted by atomic mass is 16.5. The van der Waals surface area contributed by atoms with Gasteiger partial charge in [0.2, 0.25) is 0 Å². The fourth-order valence-corrected chi connectivity index (χ4v) is 2.04. The Labute approximate surface area is 84.5 Å². The third-order valence-corrected chi connectivity index (χ3v) is 2.99. The lowest BCUT2D eigenvalue weighted by Crippen LogP contribution is -2.40. The van der Waals surface area contributed by atoms with Crippen LogP contribution in [0.5, 0.6) is 0 Å². The Morgan fingerprint density at radius 2 is 2.36 bits per heavy atom. The second kappa shape index (κ2) is 4.13. The maximum atomic E-state index is 11.0. The molecule has 2 rings (SSSR count). The van der Waals surface area contributed by atoms with Crippen LogP contribution in [0.15, 0.2) is 11.8 Å². The van der Waals surface area contributed by atoms with Crippen LogP contribution in [0.1, 0.15) is 26.2 Å². The predicted molar refractivity (Wildman–Crippen MR) is 53.8 cm³/mol. The van der Waals surface area contributed by atoms with Gasteiger partial charge in [0.15, 0.2) is 5.78 Å². The van der Waals surface area contributed by atoms with Gasteiger partial charge in [-0.1, -0.05) is 6.92 Å². The molecule has 1 fully saturated rings. The summed E-state index contributed by atoms with van der Waals surface area (Å²) in [7, 11) is 0. The van der Waals surface area contributed by atoms with Crippen molar-refractivity contribution in [2.75, 3.05) is 13.2 Å². The largest absolute Gasteiger partial charge is 0.385 e. The minimum absolute atomic E-state index is 0.257. The molecule has 1 heterocycles. The monoisotopic (exact) mass is 195 g/mol. The quantitative estimate of drug-likeness (QED) is 0.720. The molecule has 1 aliphatic heterocycles. The van der Waals surface area contributed by atoms with Gasteiger partial charge in [-0.15, -0.1) is 0 Å². The average molecular weight is 195 g/mol. The zero-order valence-corrected chi connectivity index (χ0v) is 8.58. The first kappa shape index (κ1) is 9.71. The maximum Gasteiger partial charge on any atom is 0.157 e. The topological polar surface area (TPSA) is 38.3 Å². The summed E-state index contributed by atoms with van der Waals surface area (Å²) < 4.78 is 5.37. The molecular weight excluding hydrogens is 178 g/mol. The molecule has 0 aromatic heterocycles. The van der Waals surface area contributed by atoms with Crippen molar-refractivity contribution < 1.29 is 9.53 Å². The van der Waals surface area contributed by atoms with Gasteiger partial charge in [-0.2, -0.15) is 0 Å². The third-order valence-electron chi connectivity index (χ3n) is 2.99. The Hall–Kier alpha value is -0.830. The summed E-state index contributed by atoms with van der Waals surface area (Å²) in [6, 6.07) is 0.487. The van der Waals surface area contributed by atoms with Crippen molar-refractivity contribution in [3.8, 4) is 0 Å². The van der Waals surface area contributed by atoms with E-state index in [9.17, 15) is 4.79 Å². The highest BCUT2D eigenvalue weighted by Gasteiger charge is 2.23. The molecule has 0 amide bonds. The molecule has 0 radical (unpaired) electrons. The summed E-state index contributed by atoms with van der Waals surface area (Å²) in [6.45, 7) is 3.86. The van der Waals surface area contributed by atoms with Crippen LogP contribution in [0.3, 0.4) is 0 Å². The second-order valence-corrected chi connectivity index (χ2v) is 4.23. The molecule has 1 saturated heterocycles. The van der Waals surface area contributed by atoms with E-state index in [1.807, 2.05) is 0 Å². The fraction of sp³-hybridized carbons (Fsp3) is 0.727. The van der Waals surface area contributed by atoms with E-state index in [4.69, 9.17) is 4.74 Å². The van der Waals surface area contributed by atoms with Gasteiger partial charge >= 0.3 is 0 Å². The molecule has 14 heavy (non-hydrogen) atoms. The van der Waals surface area contributed by atoms with Gasteiger partial charge in [-0.25, -0.2) is 0 Å². The molecular formula is C11H17NO2. The van der Waals surface area contributed by atoms with Gasteiger partial charge < -0.3 is 10.1 Å². The smallest absolute Gasteiger partial charge is 0.157 e. The van der Waals surface area contributed by atoms with Crippen LogP contribution in [0, 0.1) is 5.92 Å². The van der Waals surface area contributed by atoms with Crippen molar-refractivity contribution in [2.45, 2.75) is 32.2 Å². The molecule has 0 spiro atoms. The molecule has 0 aromatic carbocycles. The first-order valence-corrected chi connectivity index (χ1v) is 5.33. The van der Waals surface area contributed by atoms with Crippen LogP contribution < -0.4 is 5.32 Å². The van der Waals surface area contributed by atoms with E-state index in [0.29, 0.717) is 18.4 Å². The zero-order chi connectivity index (χ0) is 9.97. The number of allylic oxidation sites excluding steroid dienone is 2. The summed E-state index contributed by atoms with van der Waals surface area (Å²) >= 11 is 0. The number of hydrogen-bond donors (Lipinski definition) is 1. The van der Waals surface area contributed by atoms with E-state index in [2.05, 4.69) is 12.2 Å². The first-order chi connectivity index (χ1) is 6.75. The molecule has 78 valence electrons. The summed E-state index contributed by atoms with van der Waals surface area (Å²) in [5.74, 6) is 0.799. The van der Waals surface area contributed by atoms with Gasteiger partial charge in [-0.05, 0) is 18.8 Å². The van der Waals surface area contributed by atoms with Crippen molar-refractivity contribution in [1.29, 1.82) is 0 Å². The molecule has 1 aliphatic carbocycles. The predicted octanol–water partition coefficient (Wildman–Crippen LogP) is 1.25. The summed E-state index contributed by atoms with van der Waals surface area (Å²) in [5.41, 5.74) is 1.12. The molecule has 3 heteroatoms. The van der Waals surface area contributed by atoms with Crippen LogP contribution >= 0.6 is 0 Å². The summed E-state index contributed by atoms with van der Waals surface area (Å²) in [5, 5.41) is 3.46. The number of rotatable bonds is 2. The molecule has 0 bridgehead atoms. The van der Waals surface area contributed by atoms with Gasteiger partial charge in [0.1, 0.15) is 0 Å². The number of carbonyl (C=O) groups excluding carboxylic acids is 1. The molecule has 0 aromatic rings. The highest BCUT2D eigenvalue weighted by Crippen LogP contribution is 2.19. The standard InChI is InChI=1S/C11H17NO2/c1-8-7-14-5-4-11(8)12-9-2-3-10(13)6-9/h6,8,11-12H,2-5,7H2,1H3. The normalized spacial score (nSPS) is 32.9. The number of carbonyl (C=O) groups is 1. The summed E-state index contributed by atoms with van der Waals surface area (Å²) in [6.07, 6.45) is 4.37. The van der Waals surface area contributed by atoms with Gasteiger partial charge in [-0.3, -0.25) is 4.79 Å². The lowest BCUT2D eigenvalue weighted by atomic mass is 9.97. The van der Waals surface area contributed by atoms with E-state index in [0.717, 1.165) is 31.8 Å². The molecule has 3 nitrogen and oxygen atoms in total. The van der Waals surface area contributed by atoms with Crippen molar-refractivity contribution in [3.63, 3.8) is 0 Å². The van der Waals surface area contributed by atoms with E-state index in [-0.39, 0.29) is 5.78 Å². The molecule has 1 N–H and O–H groups in total. The van der Waals surface area contributed by atoms with E-state index in [1.54, 1.807) is 6.08 Å². The number of ketones is 1. The maximum absolute atomic E-state index is 11.0. The number of ether oxygens (including phenoxy) is 1. The Bertz CT molecular complexity index is 260. The SMILES string of the molecule is CC1COCCC1NC1=CC(=O)CC1. The van der Waals surface area contributed by atoms with Gasteiger partial charge in [0.25, 0.3) is 0 Å². The Morgan fingerprint density at radius 1 is 1.50 bits per heavy atom. The van der Waals surface area contributed by atoms with E-state index >= 15 is 0 Å². The highest BCUT2D eigenvalue weighted by molar-refractivity contribution is 5.92. The lowest BCUT2D eigenvalue weighted by Gasteiger charge is -2.30. The van der Waals surface area contributed by atoms with Crippen LogP contribution in [0.4, 0.5) is 0 Å². The van der Waals surface area contributed by atoms with Gasteiger partial charge in [0.05, 0.1) is 6.61 Å². The van der Waals surface area contributed by atoms with Gasteiger partial charge in [0, 0.05) is 30.8 Å². The number of nitrogens with one attached hydrogen (secondary N) is 1. The fourth-order valence-electron chi connectivity index (χ4n) is 2.04. The Morgan fingerprint density at radius 3 is 3.00 bits per heavy atom. The van der Waals surface area contributed by atoms with Crippen LogP contribution in [-0.2, 0) is 9.53 Å². The van der Waals surface area contributed by atoms with Crippen LogP contribution in [-0.4, -0.2) is 25.0 Å². The third kappa shape index (κ3) is 2.15. The van der Waals surface area contributed by atoms with E-state index in [1.165, 1.54) is 0 Å². The zero-order valence-electron chi connectivity index (χ0n) is 8.58. The molecule has 2 unspecified atom stereocenters. The Kier molecular flexibility index (Phi) is 2.87. The summed E-state index contributed by atoms with van der Waals surface area (Å²) in [4.78, 5) is 11.0. The first-order valence-electron chi connectivity index (χ1n) is 5.33. The second-order valence-electron chi connectivity index (χ2n) is 4.23. The minimum atomic E-state index is 0.257. The molecule has 2 aliphatic rings. The van der Waals surface area contributed by atoms with Crippen molar-refractivity contribution in [2.24, 2.45) is 5.92 Å². The van der Waals surface area contributed by atoms with Crippen molar-refractivity contribution in [1.82, 2.24) is 5.32 Å². The number of hydrogen-bond acceptors (Lipinski definition) is 3. The van der Waals surface area contributed by atoms with Crippen molar-refractivity contribution in [3.05, 3.63) is 11.8 Å². The molecule has 0 saturated carbocycles. The molecule has 2 atom stereocenters. The minimum Gasteiger partial charge on any atom is -0.385 e. The lowest BCUT2D eigenvalue weighted by molar-refractivity contribution is -0.114. The van der Waals surface area contributed by atoms with E-state index < -0.39 is 0 Å². The van der Waals surface area contributed by atoms with Crippen molar-refractivity contribution >= 4 is 5.78 Å². The van der Waals surface area contributed by atoms with Crippen LogP contribution in [0.2, 0.25) is 0 Å². The average Bonchev–Trinajstić information content (AvgIpc) is 2.56.